The summed E-state index contributed by atoms with van der Waals surface area (Å²) in [5.41, 5.74) is 5.52. The van der Waals surface area contributed by atoms with Crippen LogP contribution in [0.5, 0.6) is 11.5 Å². The smallest absolute Gasteiger partial charge is 0.240 e. The van der Waals surface area contributed by atoms with Crippen molar-refractivity contribution in [2.75, 3.05) is 0 Å². The molecule has 4 N–H and O–H groups in total. The summed E-state index contributed by atoms with van der Waals surface area (Å²) in [5.74, 6) is -0.229. The molecule has 0 saturated heterocycles. The fourth-order valence-electron chi connectivity index (χ4n) is 1.29. The predicted molar refractivity (Wildman–Crippen MR) is 55.7 cm³/mol. The summed E-state index contributed by atoms with van der Waals surface area (Å²) in [4.78, 5) is 3.91. The molecule has 0 saturated carbocycles. The molecule has 17 heavy (non-hydrogen) atoms. The molecule has 1 aromatic heterocycles. The number of hydrogen-bond donors (Lipinski definition) is 3. The van der Waals surface area contributed by atoms with E-state index < -0.39 is 0 Å². The molecule has 0 spiro atoms. The average Bonchev–Trinajstić information content (AvgIpc) is 2.78. The molecule has 0 radical (unpaired) electrons. The Morgan fingerprint density at radius 1 is 1.35 bits per heavy atom. The van der Waals surface area contributed by atoms with Crippen LogP contribution in [-0.4, -0.2) is 20.4 Å². The van der Waals surface area contributed by atoms with E-state index in [1.165, 1.54) is 6.07 Å². The molecular formula is C10H8N4O3. The van der Waals surface area contributed by atoms with Crippen LogP contribution < -0.4 is 5.73 Å². The molecule has 0 aliphatic carbocycles. The number of phenolic OH excluding ortho intramolecular Hbond substituents is 2. The maximum Gasteiger partial charge on any atom is 0.240 e. The third-order valence-electron chi connectivity index (χ3n) is 2.12. The van der Waals surface area contributed by atoms with Crippen molar-refractivity contribution in [2.24, 2.45) is 5.73 Å². The zero-order valence-electron chi connectivity index (χ0n) is 8.58. The maximum atomic E-state index is 9.62. The Labute approximate surface area is 95.7 Å². The van der Waals surface area contributed by atoms with E-state index in [0.717, 1.165) is 6.07 Å². The van der Waals surface area contributed by atoms with E-state index >= 15 is 0 Å². The Morgan fingerprint density at radius 2 is 2.12 bits per heavy atom. The van der Waals surface area contributed by atoms with Crippen molar-refractivity contribution in [3.63, 3.8) is 0 Å². The van der Waals surface area contributed by atoms with E-state index in [4.69, 9.17) is 15.5 Å². The largest absolute Gasteiger partial charge is 0.507 e. The van der Waals surface area contributed by atoms with Crippen LogP contribution in [0, 0.1) is 11.3 Å². The van der Waals surface area contributed by atoms with Crippen LogP contribution in [0.4, 0.5) is 0 Å². The molecule has 0 bridgehead atoms. The first-order valence-corrected chi connectivity index (χ1v) is 4.64. The number of phenols is 2. The van der Waals surface area contributed by atoms with Crippen LogP contribution in [0.3, 0.4) is 0 Å². The van der Waals surface area contributed by atoms with Crippen molar-refractivity contribution in [3.05, 3.63) is 23.6 Å². The molecule has 2 aromatic rings. The molecule has 0 atom stereocenters. The van der Waals surface area contributed by atoms with Crippen LogP contribution in [-0.2, 0) is 6.54 Å². The Morgan fingerprint density at radius 3 is 2.71 bits per heavy atom. The molecule has 0 unspecified atom stereocenters. The van der Waals surface area contributed by atoms with E-state index in [2.05, 4.69) is 10.1 Å². The molecule has 1 heterocycles. The number of benzene rings is 1. The first-order chi connectivity index (χ1) is 8.15. The molecular weight excluding hydrogens is 224 g/mol. The standard InChI is InChI=1S/C10H8N4O3/c11-3-5-1-6(8(16)2-7(5)15)10-13-9(4-12)17-14-10/h1-2,15-16H,4,12H2. The van der Waals surface area contributed by atoms with Gasteiger partial charge in [0.1, 0.15) is 17.6 Å². The summed E-state index contributed by atoms with van der Waals surface area (Å²) in [5, 5.41) is 31.3. The Balaban J connectivity index is 2.55. The Hall–Kier alpha value is -2.59. The highest BCUT2D eigenvalue weighted by Gasteiger charge is 2.15. The molecule has 0 aliphatic heterocycles. The molecule has 0 aliphatic rings. The topological polar surface area (TPSA) is 129 Å². The number of nitrogens with zero attached hydrogens (tertiary/aromatic N) is 3. The van der Waals surface area contributed by atoms with Crippen LogP contribution >= 0.6 is 0 Å². The minimum atomic E-state index is -0.309. The summed E-state index contributed by atoms with van der Waals surface area (Å²) in [7, 11) is 0. The van der Waals surface area contributed by atoms with Gasteiger partial charge in [0.2, 0.25) is 11.7 Å². The van der Waals surface area contributed by atoms with Gasteiger partial charge in [0, 0.05) is 6.07 Å². The summed E-state index contributed by atoms with van der Waals surface area (Å²) < 4.78 is 4.78. The molecule has 0 amide bonds. The van der Waals surface area contributed by atoms with Gasteiger partial charge in [-0.15, -0.1) is 0 Å². The van der Waals surface area contributed by atoms with Gasteiger partial charge in [0.25, 0.3) is 0 Å². The summed E-state index contributed by atoms with van der Waals surface area (Å²) in [6.07, 6.45) is 0. The minimum absolute atomic E-state index is 0.0110. The lowest BCUT2D eigenvalue weighted by atomic mass is 10.1. The Bertz CT molecular complexity index is 600. The lowest BCUT2D eigenvalue weighted by Gasteiger charge is -2.02. The molecule has 7 heteroatoms. The van der Waals surface area contributed by atoms with Gasteiger partial charge in [0.15, 0.2) is 0 Å². The maximum absolute atomic E-state index is 9.62. The summed E-state index contributed by atoms with van der Waals surface area (Å²) >= 11 is 0. The van der Waals surface area contributed by atoms with Crippen molar-refractivity contribution in [3.8, 4) is 29.0 Å². The van der Waals surface area contributed by atoms with Crippen LogP contribution in [0.2, 0.25) is 0 Å². The lowest BCUT2D eigenvalue weighted by Crippen LogP contribution is -1.95. The number of rotatable bonds is 2. The van der Waals surface area contributed by atoms with Gasteiger partial charge in [-0.25, -0.2) is 0 Å². The number of aromatic nitrogens is 2. The highest BCUT2D eigenvalue weighted by Crippen LogP contribution is 2.32. The summed E-state index contributed by atoms with van der Waals surface area (Å²) in [6, 6.07) is 4.10. The number of hydrogen-bond acceptors (Lipinski definition) is 7. The van der Waals surface area contributed by atoms with Crippen molar-refractivity contribution >= 4 is 0 Å². The monoisotopic (exact) mass is 232 g/mol. The first-order valence-electron chi connectivity index (χ1n) is 4.64. The molecule has 1 aromatic carbocycles. The van der Waals surface area contributed by atoms with Gasteiger partial charge in [-0.2, -0.15) is 10.2 Å². The lowest BCUT2D eigenvalue weighted by molar-refractivity contribution is 0.380. The second kappa shape index (κ2) is 4.11. The van der Waals surface area contributed by atoms with Crippen molar-refractivity contribution in [2.45, 2.75) is 6.54 Å². The van der Waals surface area contributed by atoms with Gasteiger partial charge in [-0.05, 0) is 6.07 Å². The third kappa shape index (κ3) is 1.89. The second-order valence-electron chi connectivity index (χ2n) is 3.21. The SMILES string of the molecule is N#Cc1cc(-c2noc(CN)n2)c(O)cc1O. The number of aromatic hydroxyl groups is 2. The van der Waals surface area contributed by atoms with Crippen molar-refractivity contribution < 1.29 is 14.7 Å². The van der Waals surface area contributed by atoms with Gasteiger partial charge in [-0.3, -0.25) is 0 Å². The predicted octanol–water partition coefficient (Wildman–Crippen LogP) is 0.478. The fourth-order valence-corrected chi connectivity index (χ4v) is 1.29. The van der Waals surface area contributed by atoms with Crippen LogP contribution in [0.15, 0.2) is 16.7 Å². The van der Waals surface area contributed by atoms with Crippen molar-refractivity contribution in [1.82, 2.24) is 10.1 Å². The summed E-state index contributed by atoms with van der Waals surface area (Å²) in [6.45, 7) is 0.0803. The zero-order valence-corrected chi connectivity index (χ0v) is 8.58. The van der Waals surface area contributed by atoms with Gasteiger partial charge in [0.05, 0.1) is 17.7 Å². The normalized spacial score (nSPS) is 10.1. The van der Waals surface area contributed by atoms with E-state index in [-0.39, 0.29) is 40.9 Å². The Kier molecular flexibility index (Phi) is 2.64. The highest BCUT2D eigenvalue weighted by molar-refractivity contribution is 5.68. The minimum Gasteiger partial charge on any atom is -0.507 e. The third-order valence-corrected chi connectivity index (χ3v) is 2.12. The molecule has 7 nitrogen and oxygen atoms in total. The molecule has 86 valence electrons. The molecule has 2 rings (SSSR count). The second-order valence-corrected chi connectivity index (χ2v) is 3.21. The van der Waals surface area contributed by atoms with Crippen LogP contribution in [0.25, 0.3) is 11.4 Å². The van der Waals surface area contributed by atoms with E-state index in [1.54, 1.807) is 6.07 Å². The quantitative estimate of drug-likeness (QED) is 0.686. The zero-order chi connectivity index (χ0) is 12.4. The molecule has 0 fully saturated rings. The highest BCUT2D eigenvalue weighted by atomic mass is 16.5. The average molecular weight is 232 g/mol. The van der Waals surface area contributed by atoms with E-state index in [0.29, 0.717) is 0 Å². The van der Waals surface area contributed by atoms with Gasteiger partial charge < -0.3 is 20.5 Å². The number of nitriles is 1. The van der Waals surface area contributed by atoms with Gasteiger partial charge in [-0.1, -0.05) is 5.16 Å². The van der Waals surface area contributed by atoms with E-state index in [9.17, 15) is 10.2 Å². The van der Waals surface area contributed by atoms with E-state index in [1.807, 2.05) is 0 Å². The van der Waals surface area contributed by atoms with Crippen LogP contribution in [0.1, 0.15) is 11.5 Å². The fraction of sp³-hybridized carbons (Fsp3) is 0.100. The number of nitrogens with two attached hydrogens (primary N) is 1. The first kappa shape index (κ1) is 10.9. The van der Waals surface area contributed by atoms with Crippen molar-refractivity contribution in [1.29, 1.82) is 5.26 Å². The van der Waals surface area contributed by atoms with Gasteiger partial charge >= 0.3 is 0 Å².